The highest BCUT2D eigenvalue weighted by molar-refractivity contribution is 5.68. The summed E-state index contributed by atoms with van der Waals surface area (Å²) in [6.07, 6.45) is 3.13. The number of anilines is 1. The van der Waals surface area contributed by atoms with Crippen LogP contribution in [0.15, 0.2) is 42.7 Å². The molecule has 2 aromatic heterocycles. The second-order valence-corrected chi connectivity index (χ2v) is 5.68. The first-order valence-corrected chi connectivity index (χ1v) is 7.52. The predicted molar refractivity (Wildman–Crippen MR) is 82.6 cm³/mol. The summed E-state index contributed by atoms with van der Waals surface area (Å²) in [6, 6.07) is 9.72. The molecule has 1 saturated heterocycles. The van der Waals surface area contributed by atoms with E-state index in [0.29, 0.717) is 17.3 Å². The molecular weight excluding hydrogens is 300 g/mol. The number of hydrogen-bond acceptors (Lipinski definition) is 4. The van der Waals surface area contributed by atoms with Crippen molar-refractivity contribution in [1.29, 1.82) is 0 Å². The summed E-state index contributed by atoms with van der Waals surface area (Å²) < 4.78 is 28.6. The number of piperidine rings is 1. The van der Waals surface area contributed by atoms with Crippen LogP contribution in [0.3, 0.4) is 0 Å². The summed E-state index contributed by atoms with van der Waals surface area (Å²) in [6.45, 7) is 0.542. The van der Waals surface area contributed by atoms with Crippen LogP contribution >= 0.6 is 0 Å². The van der Waals surface area contributed by atoms with Crippen molar-refractivity contribution in [2.45, 2.75) is 18.8 Å². The van der Waals surface area contributed by atoms with Crippen molar-refractivity contribution in [3.8, 4) is 11.4 Å². The Balaban J connectivity index is 1.74. The van der Waals surface area contributed by atoms with Gasteiger partial charge in [0.15, 0.2) is 11.6 Å². The normalized spacial score (nSPS) is 17.6. The van der Waals surface area contributed by atoms with Gasteiger partial charge in [-0.1, -0.05) is 30.3 Å². The van der Waals surface area contributed by atoms with Crippen LogP contribution in [0.1, 0.15) is 12.8 Å². The van der Waals surface area contributed by atoms with Gasteiger partial charge in [-0.2, -0.15) is 0 Å². The third-order valence-corrected chi connectivity index (χ3v) is 4.13. The van der Waals surface area contributed by atoms with Crippen LogP contribution in [0, 0.1) is 0 Å². The molecule has 0 bridgehead atoms. The van der Waals surface area contributed by atoms with Gasteiger partial charge in [0.1, 0.15) is 0 Å². The molecule has 3 aromatic rings. The fourth-order valence-electron chi connectivity index (χ4n) is 2.87. The SMILES string of the molecule is FC1(F)CCN(c2nccn3c(-c4ccccc4)nnc23)CC1. The molecule has 5 nitrogen and oxygen atoms in total. The van der Waals surface area contributed by atoms with Crippen LogP contribution in [0.4, 0.5) is 14.6 Å². The van der Waals surface area contributed by atoms with Crippen molar-refractivity contribution >= 4 is 11.5 Å². The number of benzene rings is 1. The van der Waals surface area contributed by atoms with E-state index >= 15 is 0 Å². The molecule has 118 valence electrons. The molecule has 1 aromatic carbocycles. The molecular formula is C16H15F2N5. The van der Waals surface area contributed by atoms with E-state index in [4.69, 9.17) is 0 Å². The van der Waals surface area contributed by atoms with Crippen LogP contribution in [0.5, 0.6) is 0 Å². The van der Waals surface area contributed by atoms with E-state index in [9.17, 15) is 8.78 Å². The quantitative estimate of drug-likeness (QED) is 0.729. The van der Waals surface area contributed by atoms with Gasteiger partial charge >= 0.3 is 0 Å². The van der Waals surface area contributed by atoms with E-state index in [0.717, 1.165) is 5.56 Å². The summed E-state index contributed by atoms with van der Waals surface area (Å²) in [4.78, 5) is 6.20. The molecule has 0 amide bonds. The lowest BCUT2D eigenvalue weighted by Gasteiger charge is -2.32. The molecule has 0 spiro atoms. The average molecular weight is 315 g/mol. The molecule has 0 N–H and O–H groups in total. The molecule has 0 atom stereocenters. The third kappa shape index (κ3) is 2.52. The number of alkyl halides is 2. The Hall–Kier alpha value is -2.57. The highest BCUT2D eigenvalue weighted by Crippen LogP contribution is 2.31. The highest BCUT2D eigenvalue weighted by Gasteiger charge is 2.35. The zero-order valence-electron chi connectivity index (χ0n) is 12.4. The standard InChI is InChI=1S/C16H15F2N5/c17-16(18)6-9-22(10-7-16)14-15-21-20-13(23(15)11-8-19-14)12-4-2-1-3-5-12/h1-5,8,11H,6-7,9-10H2. The number of hydrogen-bond donors (Lipinski definition) is 0. The zero-order valence-corrected chi connectivity index (χ0v) is 12.4. The Bertz CT molecular complexity index is 821. The van der Waals surface area contributed by atoms with Gasteiger partial charge in [-0.15, -0.1) is 10.2 Å². The minimum absolute atomic E-state index is 0.157. The minimum atomic E-state index is -2.58. The molecule has 0 saturated carbocycles. The van der Waals surface area contributed by atoms with Crippen molar-refractivity contribution in [1.82, 2.24) is 19.6 Å². The molecule has 0 radical (unpaired) electrons. The van der Waals surface area contributed by atoms with Gasteiger partial charge in [-0.3, -0.25) is 4.40 Å². The van der Waals surface area contributed by atoms with E-state index in [-0.39, 0.29) is 25.9 Å². The van der Waals surface area contributed by atoms with Crippen molar-refractivity contribution in [3.63, 3.8) is 0 Å². The van der Waals surface area contributed by atoms with Crippen LogP contribution in [-0.2, 0) is 0 Å². The molecule has 1 aliphatic heterocycles. The lowest BCUT2D eigenvalue weighted by atomic mass is 10.1. The maximum atomic E-state index is 13.4. The molecule has 0 unspecified atom stereocenters. The van der Waals surface area contributed by atoms with Gasteiger partial charge in [0.05, 0.1) is 0 Å². The third-order valence-electron chi connectivity index (χ3n) is 4.13. The highest BCUT2D eigenvalue weighted by atomic mass is 19.3. The van der Waals surface area contributed by atoms with Crippen LogP contribution in [0.25, 0.3) is 17.0 Å². The number of halogens is 2. The van der Waals surface area contributed by atoms with Crippen LogP contribution in [0.2, 0.25) is 0 Å². The van der Waals surface area contributed by atoms with E-state index in [1.807, 2.05) is 39.6 Å². The largest absolute Gasteiger partial charge is 0.353 e. The number of aromatic nitrogens is 4. The molecule has 0 aliphatic carbocycles. The van der Waals surface area contributed by atoms with Gasteiger partial charge in [-0.05, 0) is 0 Å². The zero-order chi connectivity index (χ0) is 15.9. The lowest BCUT2D eigenvalue weighted by molar-refractivity contribution is -0.0221. The topological polar surface area (TPSA) is 46.3 Å². The van der Waals surface area contributed by atoms with Crippen molar-refractivity contribution in [2.75, 3.05) is 18.0 Å². The summed E-state index contributed by atoms with van der Waals surface area (Å²) in [5.41, 5.74) is 1.54. The Morgan fingerprint density at radius 3 is 2.48 bits per heavy atom. The van der Waals surface area contributed by atoms with E-state index in [1.54, 1.807) is 12.4 Å². The maximum Gasteiger partial charge on any atom is 0.251 e. The molecule has 3 heterocycles. The van der Waals surface area contributed by atoms with Gasteiger partial charge < -0.3 is 4.90 Å². The van der Waals surface area contributed by atoms with Gasteiger partial charge in [0, 0.05) is 43.9 Å². The van der Waals surface area contributed by atoms with E-state index < -0.39 is 5.92 Å². The molecule has 1 aliphatic rings. The van der Waals surface area contributed by atoms with Gasteiger partial charge in [0.25, 0.3) is 5.92 Å². The summed E-state index contributed by atoms with van der Waals surface area (Å²) in [7, 11) is 0. The monoisotopic (exact) mass is 315 g/mol. The maximum absolute atomic E-state index is 13.4. The first-order chi connectivity index (χ1) is 11.1. The Kier molecular flexibility index (Phi) is 3.21. The fraction of sp³-hybridized carbons (Fsp3) is 0.312. The fourth-order valence-corrected chi connectivity index (χ4v) is 2.87. The van der Waals surface area contributed by atoms with Crippen molar-refractivity contribution < 1.29 is 8.78 Å². The number of nitrogens with zero attached hydrogens (tertiary/aromatic N) is 5. The number of rotatable bonds is 2. The molecule has 23 heavy (non-hydrogen) atoms. The predicted octanol–water partition coefficient (Wildman–Crippen LogP) is 3.03. The number of fused-ring (bicyclic) bond motifs is 1. The first kappa shape index (κ1) is 14.0. The van der Waals surface area contributed by atoms with Crippen molar-refractivity contribution in [2.24, 2.45) is 0 Å². The first-order valence-electron chi connectivity index (χ1n) is 7.52. The van der Waals surface area contributed by atoms with Crippen LogP contribution < -0.4 is 4.90 Å². The second kappa shape index (κ2) is 5.26. The summed E-state index contributed by atoms with van der Waals surface area (Å²) in [5.74, 6) is -1.26. The van der Waals surface area contributed by atoms with Crippen LogP contribution in [-0.4, -0.2) is 38.6 Å². The second-order valence-electron chi connectivity index (χ2n) is 5.68. The lowest BCUT2D eigenvalue weighted by Crippen LogP contribution is -2.40. The Morgan fingerprint density at radius 1 is 1.00 bits per heavy atom. The minimum Gasteiger partial charge on any atom is -0.353 e. The van der Waals surface area contributed by atoms with Crippen molar-refractivity contribution in [3.05, 3.63) is 42.7 Å². The summed E-state index contributed by atoms with van der Waals surface area (Å²) >= 11 is 0. The smallest absolute Gasteiger partial charge is 0.251 e. The van der Waals surface area contributed by atoms with E-state index in [1.165, 1.54) is 0 Å². The average Bonchev–Trinajstić information content (AvgIpc) is 3.00. The molecule has 7 heteroatoms. The Labute approximate surface area is 131 Å². The summed E-state index contributed by atoms with van der Waals surface area (Å²) in [5, 5.41) is 8.48. The molecule has 1 fully saturated rings. The molecule has 4 rings (SSSR count). The van der Waals surface area contributed by atoms with E-state index in [2.05, 4.69) is 15.2 Å². The van der Waals surface area contributed by atoms with Gasteiger partial charge in [0.2, 0.25) is 5.65 Å². The Morgan fingerprint density at radius 2 is 1.74 bits per heavy atom. The van der Waals surface area contributed by atoms with Gasteiger partial charge in [-0.25, -0.2) is 13.8 Å².